The summed E-state index contributed by atoms with van der Waals surface area (Å²) in [5, 5.41) is 25.4. The highest BCUT2D eigenvalue weighted by Crippen LogP contribution is 2.21. The molecule has 2 rings (SSSR count). The van der Waals surface area contributed by atoms with E-state index >= 15 is 0 Å². The average Bonchev–Trinajstić information content (AvgIpc) is 2.57. The molecule has 1 aromatic carbocycles. The van der Waals surface area contributed by atoms with Crippen molar-refractivity contribution in [1.29, 1.82) is 0 Å². The van der Waals surface area contributed by atoms with Crippen LogP contribution < -0.4 is 16.2 Å². The third kappa shape index (κ3) is 5.67. The van der Waals surface area contributed by atoms with Gasteiger partial charge in [-0.2, -0.15) is 0 Å². The second-order valence-electron chi connectivity index (χ2n) is 7.81. The second kappa shape index (κ2) is 8.89. The van der Waals surface area contributed by atoms with Crippen LogP contribution in [0.15, 0.2) is 23.0 Å². The molecule has 0 aliphatic rings. The molecule has 1 amide bonds. The van der Waals surface area contributed by atoms with Gasteiger partial charge in [0, 0.05) is 18.6 Å². The van der Waals surface area contributed by atoms with Gasteiger partial charge >= 0.3 is 6.09 Å². The minimum atomic E-state index is -1.21. The third-order valence-corrected chi connectivity index (χ3v) is 4.56. The Bertz CT molecular complexity index is 907. The lowest BCUT2D eigenvalue weighted by Crippen LogP contribution is -2.41. The van der Waals surface area contributed by atoms with Crippen molar-refractivity contribution >= 4 is 28.6 Å². The molecule has 0 aliphatic heterocycles. The fraction of sp³-hybridized carbons (Fsp3) is 0.526. The molecule has 9 heteroatoms. The van der Waals surface area contributed by atoms with E-state index in [1.807, 2.05) is 20.8 Å². The van der Waals surface area contributed by atoms with Crippen molar-refractivity contribution in [3.05, 3.63) is 39.4 Å². The number of fused-ring (bicyclic) bond motifs is 1. The minimum Gasteiger partial charge on any atom is -0.465 e. The molecule has 1 heterocycles. The Morgan fingerprint density at radius 1 is 1.36 bits per heavy atom. The van der Waals surface area contributed by atoms with Gasteiger partial charge in [-0.05, 0) is 46.2 Å². The first-order valence-corrected chi connectivity index (χ1v) is 9.49. The Morgan fingerprint density at radius 2 is 2.04 bits per heavy atom. The number of carboxylic acid groups (broad SMARTS) is 1. The van der Waals surface area contributed by atoms with Gasteiger partial charge in [0.1, 0.15) is 5.82 Å². The number of halogens is 1. The molecule has 4 N–H and O–H groups in total. The summed E-state index contributed by atoms with van der Waals surface area (Å²) < 4.78 is 1.38. The van der Waals surface area contributed by atoms with Gasteiger partial charge in [0.05, 0.1) is 28.1 Å². The number of benzene rings is 1. The van der Waals surface area contributed by atoms with Gasteiger partial charge in [-0.15, -0.1) is 0 Å². The van der Waals surface area contributed by atoms with Gasteiger partial charge in [-0.25, -0.2) is 9.78 Å². The quantitative estimate of drug-likeness (QED) is 0.557. The SMILES string of the molecule is C[C@H](NC(=O)O)c1nc2cccc(Cl)c2c(=O)n1CCC(O)CNC(C)(C)C. The minimum absolute atomic E-state index is 0.138. The molecule has 1 aromatic heterocycles. The number of carbonyl (C=O) groups is 1. The number of aliphatic hydroxyl groups excluding tert-OH is 1. The van der Waals surface area contributed by atoms with Crippen molar-refractivity contribution in [1.82, 2.24) is 20.2 Å². The largest absolute Gasteiger partial charge is 0.465 e. The Balaban J connectivity index is 2.38. The van der Waals surface area contributed by atoms with Gasteiger partial charge in [0.15, 0.2) is 0 Å². The number of aromatic nitrogens is 2. The first-order chi connectivity index (χ1) is 13.0. The predicted molar refractivity (Wildman–Crippen MR) is 109 cm³/mol. The fourth-order valence-corrected chi connectivity index (χ4v) is 3.09. The van der Waals surface area contributed by atoms with Gasteiger partial charge in [0.25, 0.3) is 5.56 Å². The Kier molecular flexibility index (Phi) is 7.03. The van der Waals surface area contributed by atoms with E-state index in [9.17, 15) is 14.7 Å². The number of β-amino-alcohol motifs (C(OH)–C–C–N with tert-alkyl or cyclic N) is 1. The maximum absolute atomic E-state index is 13.1. The summed E-state index contributed by atoms with van der Waals surface area (Å²) in [6.07, 6.45) is -1.59. The molecule has 1 unspecified atom stereocenters. The summed E-state index contributed by atoms with van der Waals surface area (Å²) in [6, 6.07) is 4.24. The molecule has 2 aromatic rings. The molecule has 0 fully saturated rings. The number of rotatable bonds is 7. The molecular weight excluding hydrogens is 384 g/mol. The van der Waals surface area contributed by atoms with Crippen LogP contribution >= 0.6 is 11.6 Å². The van der Waals surface area contributed by atoms with E-state index in [0.717, 1.165) is 0 Å². The zero-order valence-corrected chi connectivity index (χ0v) is 17.2. The van der Waals surface area contributed by atoms with Crippen LogP contribution in [0, 0.1) is 0 Å². The molecule has 28 heavy (non-hydrogen) atoms. The lowest BCUT2D eigenvalue weighted by Gasteiger charge is -2.24. The zero-order chi connectivity index (χ0) is 21.1. The van der Waals surface area contributed by atoms with Gasteiger partial charge in [-0.1, -0.05) is 17.7 Å². The summed E-state index contributed by atoms with van der Waals surface area (Å²) in [4.78, 5) is 28.6. The van der Waals surface area contributed by atoms with Crippen LogP contribution in [-0.4, -0.2) is 44.0 Å². The van der Waals surface area contributed by atoms with Crippen molar-refractivity contribution in [3.63, 3.8) is 0 Å². The van der Waals surface area contributed by atoms with Crippen molar-refractivity contribution in [3.8, 4) is 0 Å². The number of nitrogens with zero attached hydrogens (tertiary/aromatic N) is 2. The number of hydrogen-bond donors (Lipinski definition) is 4. The predicted octanol–water partition coefficient (Wildman–Crippen LogP) is 2.52. The van der Waals surface area contributed by atoms with Gasteiger partial charge < -0.3 is 20.8 Å². The maximum atomic E-state index is 13.1. The molecule has 2 atom stereocenters. The highest BCUT2D eigenvalue weighted by molar-refractivity contribution is 6.35. The Labute approximate surface area is 168 Å². The second-order valence-corrected chi connectivity index (χ2v) is 8.21. The van der Waals surface area contributed by atoms with Crippen molar-refractivity contribution in [2.45, 2.75) is 58.3 Å². The average molecular weight is 411 g/mol. The topological polar surface area (TPSA) is 116 Å². The number of hydrogen-bond acceptors (Lipinski definition) is 5. The molecule has 0 radical (unpaired) electrons. The highest BCUT2D eigenvalue weighted by Gasteiger charge is 2.20. The molecule has 8 nitrogen and oxygen atoms in total. The number of aliphatic hydroxyl groups is 1. The van der Waals surface area contributed by atoms with E-state index in [0.29, 0.717) is 18.5 Å². The lowest BCUT2D eigenvalue weighted by molar-refractivity contribution is 0.145. The van der Waals surface area contributed by atoms with E-state index in [2.05, 4.69) is 15.6 Å². The molecule has 0 aliphatic carbocycles. The lowest BCUT2D eigenvalue weighted by atomic mass is 10.1. The summed E-state index contributed by atoms with van der Waals surface area (Å²) in [6.45, 7) is 8.16. The van der Waals surface area contributed by atoms with E-state index < -0.39 is 18.2 Å². The summed E-state index contributed by atoms with van der Waals surface area (Å²) in [5.41, 5.74) is -0.0978. The highest BCUT2D eigenvalue weighted by atomic mass is 35.5. The van der Waals surface area contributed by atoms with E-state index in [4.69, 9.17) is 16.7 Å². The molecule has 154 valence electrons. The summed E-state index contributed by atoms with van der Waals surface area (Å²) in [5.74, 6) is 0.276. The van der Waals surface area contributed by atoms with Crippen molar-refractivity contribution in [2.24, 2.45) is 0 Å². The first-order valence-electron chi connectivity index (χ1n) is 9.11. The maximum Gasteiger partial charge on any atom is 0.405 e. The molecule has 0 saturated carbocycles. The van der Waals surface area contributed by atoms with Crippen LogP contribution in [0.25, 0.3) is 10.9 Å². The fourth-order valence-electron chi connectivity index (χ4n) is 2.84. The Hall–Kier alpha value is -2.16. The number of amides is 1. The zero-order valence-electron chi connectivity index (χ0n) is 16.5. The van der Waals surface area contributed by atoms with Crippen LogP contribution in [0.5, 0.6) is 0 Å². The molecule has 0 saturated heterocycles. The molecule has 0 spiro atoms. The third-order valence-electron chi connectivity index (χ3n) is 4.24. The smallest absolute Gasteiger partial charge is 0.405 e. The summed E-state index contributed by atoms with van der Waals surface area (Å²) in [7, 11) is 0. The van der Waals surface area contributed by atoms with Crippen LogP contribution in [0.3, 0.4) is 0 Å². The molecular formula is C19H27ClN4O4. The normalized spacial score (nSPS) is 14.1. The van der Waals surface area contributed by atoms with Gasteiger partial charge in [-0.3, -0.25) is 9.36 Å². The van der Waals surface area contributed by atoms with Crippen LogP contribution in [0.1, 0.15) is 46.0 Å². The number of nitrogens with one attached hydrogen (secondary N) is 2. The van der Waals surface area contributed by atoms with Crippen molar-refractivity contribution in [2.75, 3.05) is 6.54 Å². The first kappa shape index (κ1) is 22.1. The summed E-state index contributed by atoms with van der Waals surface area (Å²) >= 11 is 6.19. The van der Waals surface area contributed by atoms with E-state index in [1.54, 1.807) is 25.1 Å². The Morgan fingerprint density at radius 3 is 2.64 bits per heavy atom. The van der Waals surface area contributed by atoms with E-state index in [1.165, 1.54) is 4.57 Å². The van der Waals surface area contributed by atoms with Crippen LogP contribution in [-0.2, 0) is 6.54 Å². The van der Waals surface area contributed by atoms with Crippen molar-refractivity contribution < 1.29 is 15.0 Å². The monoisotopic (exact) mass is 410 g/mol. The van der Waals surface area contributed by atoms with Gasteiger partial charge in [0.2, 0.25) is 0 Å². The van der Waals surface area contributed by atoms with Crippen LogP contribution in [0.2, 0.25) is 5.02 Å². The van der Waals surface area contributed by atoms with E-state index in [-0.39, 0.29) is 33.9 Å². The molecule has 0 bridgehead atoms. The standard InChI is InChI=1S/C19H27ClN4O4/c1-11(22-18(27)28)16-23-14-7-5-6-13(20)15(14)17(26)24(16)9-8-12(25)10-21-19(2,3)4/h5-7,11-12,21-22,25H,8-10H2,1-4H3,(H,27,28)/t11-,12?/m0/s1. The van der Waals surface area contributed by atoms with Crippen LogP contribution in [0.4, 0.5) is 4.79 Å².